The lowest BCUT2D eigenvalue weighted by Crippen LogP contribution is -2.49. The van der Waals surface area contributed by atoms with Crippen LogP contribution >= 0.6 is 0 Å². The van der Waals surface area contributed by atoms with Gasteiger partial charge in [-0.15, -0.1) is 0 Å². The van der Waals surface area contributed by atoms with E-state index in [1.165, 1.54) is 18.3 Å². The third-order valence-corrected chi connectivity index (χ3v) is 4.59. The van der Waals surface area contributed by atoms with Gasteiger partial charge in [0.2, 0.25) is 5.95 Å². The number of pyridine rings is 1. The Balaban J connectivity index is 1.41. The van der Waals surface area contributed by atoms with Gasteiger partial charge in [0.25, 0.3) is 5.91 Å². The number of hydrogen-bond donors (Lipinski definition) is 1. The third kappa shape index (κ3) is 4.29. The van der Waals surface area contributed by atoms with E-state index < -0.39 is 11.6 Å². The normalized spacial score (nSPS) is 14.0. The van der Waals surface area contributed by atoms with Crippen LogP contribution in [0.1, 0.15) is 10.5 Å². The summed E-state index contributed by atoms with van der Waals surface area (Å²) >= 11 is 0. The highest BCUT2D eigenvalue weighted by atomic mass is 19.2. The molecule has 1 fully saturated rings. The summed E-state index contributed by atoms with van der Waals surface area (Å²) in [5.41, 5.74) is 0.522. The summed E-state index contributed by atoms with van der Waals surface area (Å²) < 4.78 is 26.4. The zero-order chi connectivity index (χ0) is 20.2. The molecule has 0 atom stereocenters. The van der Waals surface area contributed by atoms with Crippen molar-refractivity contribution in [3.63, 3.8) is 0 Å². The molecule has 1 aliphatic rings. The Hall–Kier alpha value is -3.62. The smallest absolute Gasteiger partial charge is 0.272 e. The highest BCUT2D eigenvalue weighted by Crippen LogP contribution is 2.18. The molecule has 1 N–H and O–H groups in total. The van der Waals surface area contributed by atoms with Crippen LogP contribution in [-0.2, 0) is 0 Å². The fourth-order valence-electron chi connectivity index (χ4n) is 3.08. The molecule has 1 saturated heterocycles. The Bertz CT molecular complexity index is 1010. The van der Waals surface area contributed by atoms with Crippen molar-refractivity contribution in [3.05, 3.63) is 72.2 Å². The van der Waals surface area contributed by atoms with Crippen molar-refractivity contribution in [3.8, 4) is 0 Å². The second-order valence-corrected chi connectivity index (χ2v) is 6.49. The third-order valence-electron chi connectivity index (χ3n) is 4.59. The quantitative estimate of drug-likeness (QED) is 0.731. The van der Waals surface area contributed by atoms with E-state index in [4.69, 9.17) is 0 Å². The number of aromatic nitrogens is 3. The van der Waals surface area contributed by atoms with Crippen molar-refractivity contribution in [1.82, 2.24) is 19.9 Å². The lowest BCUT2D eigenvalue weighted by atomic mass is 10.2. The number of benzene rings is 1. The van der Waals surface area contributed by atoms with Crippen LogP contribution < -0.4 is 10.2 Å². The Morgan fingerprint density at radius 2 is 1.76 bits per heavy atom. The van der Waals surface area contributed by atoms with Gasteiger partial charge < -0.3 is 15.1 Å². The van der Waals surface area contributed by atoms with Crippen molar-refractivity contribution >= 4 is 23.4 Å². The van der Waals surface area contributed by atoms with Gasteiger partial charge in [-0.1, -0.05) is 6.07 Å². The Morgan fingerprint density at radius 3 is 2.48 bits per heavy atom. The minimum Gasteiger partial charge on any atom is -0.353 e. The first kappa shape index (κ1) is 18.7. The minimum absolute atomic E-state index is 0.133. The Kier molecular flexibility index (Phi) is 5.28. The molecule has 2 aromatic heterocycles. The average Bonchev–Trinajstić information content (AvgIpc) is 2.77. The highest BCUT2D eigenvalue weighted by Gasteiger charge is 2.24. The molecular weight excluding hydrogens is 378 g/mol. The van der Waals surface area contributed by atoms with Crippen molar-refractivity contribution in [1.29, 1.82) is 0 Å². The van der Waals surface area contributed by atoms with Gasteiger partial charge >= 0.3 is 0 Å². The van der Waals surface area contributed by atoms with Gasteiger partial charge in [-0.2, -0.15) is 0 Å². The van der Waals surface area contributed by atoms with Crippen LogP contribution in [0.4, 0.5) is 26.2 Å². The van der Waals surface area contributed by atoms with Gasteiger partial charge in [0.05, 0.1) is 0 Å². The summed E-state index contributed by atoms with van der Waals surface area (Å²) in [5.74, 6) is -1.10. The van der Waals surface area contributed by atoms with Crippen LogP contribution in [0.15, 0.2) is 54.9 Å². The molecule has 1 aromatic carbocycles. The van der Waals surface area contributed by atoms with Gasteiger partial charge in [-0.05, 0) is 30.3 Å². The van der Waals surface area contributed by atoms with Crippen LogP contribution in [0.3, 0.4) is 0 Å². The van der Waals surface area contributed by atoms with E-state index in [9.17, 15) is 13.6 Å². The molecule has 3 heterocycles. The van der Waals surface area contributed by atoms with Crippen LogP contribution in [0.2, 0.25) is 0 Å². The molecule has 0 unspecified atom stereocenters. The molecule has 4 rings (SSSR count). The zero-order valence-corrected chi connectivity index (χ0v) is 15.4. The number of hydrogen-bond acceptors (Lipinski definition) is 6. The highest BCUT2D eigenvalue weighted by molar-refractivity contribution is 5.92. The van der Waals surface area contributed by atoms with E-state index in [1.54, 1.807) is 11.1 Å². The topological polar surface area (TPSA) is 74.2 Å². The van der Waals surface area contributed by atoms with E-state index in [0.717, 1.165) is 18.0 Å². The first-order chi connectivity index (χ1) is 14.1. The molecule has 29 heavy (non-hydrogen) atoms. The van der Waals surface area contributed by atoms with Gasteiger partial charge in [0.15, 0.2) is 11.6 Å². The van der Waals surface area contributed by atoms with Gasteiger partial charge in [0.1, 0.15) is 11.5 Å². The van der Waals surface area contributed by atoms with Crippen molar-refractivity contribution in [2.45, 2.75) is 0 Å². The van der Waals surface area contributed by atoms with Crippen LogP contribution in [0, 0.1) is 11.6 Å². The number of nitrogens with zero attached hydrogens (tertiary/aromatic N) is 5. The molecule has 0 spiro atoms. The van der Waals surface area contributed by atoms with E-state index in [1.807, 2.05) is 18.2 Å². The zero-order valence-electron chi connectivity index (χ0n) is 15.4. The standard InChI is InChI=1S/C20H18F2N6O/c21-15-5-4-14(13-16(15)22)25-20-24-8-6-17(26-20)19(29)28-11-9-27(10-12-28)18-3-1-2-7-23-18/h1-8,13H,9-12H2,(H,24,25,26). The van der Waals surface area contributed by atoms with Crippen LogP contribution in [0.25, 0.3) is 0 Å². The number of anilines is 3. The number of carbonyl (C=O) groups excluding carboxylic acids is 1. The Labute approximate surface area is 166 Å². The maximum Gasteiger partial charge on any atom is 0.272 e. The summed E-state index contributed by atoms with van der Waals surface area (Å²) in [6.07, 6.45) is 3.20. The predicted molar refractivity (Wildman–Crippen MR) is 104 cm³/mol. The molecule has 9 heteroatoms. The number of halogens is 2. The fraction of sp³-hybridized carbons (Fsp3) is 0.200. The molecule has 1 aliphatic heterocycles. The van der Waals surface area contributed by atoms with Crippen molar-refractivity contribution in [2.24, 2.45) is 0 Å². The number of carbonyl (C=O) groups is 1. The SMILES string of the molecule is O=C(c1ccnc(Nc2ccc(F)c(F)c2)n1)N1CCN(c2ccccn2)CC1. The molecular formula is C20H18F2N6O. The molecule has 148 valence electrons. The molecule has 0 aliphatic carbocycles. The summed E-state index contributed by atoms with van der Waals surface area (Å²) in [7, 11) is 0. The fourth-order valence-corrected chi connectivity index (χ4v) is 3.08. The molecule has 0 radical (unpaired) electrons. The predicted octanol–water partition coefficient (Wildman–Crippen LogP) is 2.86. The second-order valence-electron chi connectivity index (χ2n) is 6.49. The van der Waals surface area contributed by atoms with E-state index in [-0.39, 0.29) is 23.2 Å². The summed E-state index contributed by atoms with van der Waals surface area (Å²) in [4.78, 5) is 29.3. The van der Waals surface area contributed by atoms with Gasteiger partial charge in [0, 0.05) is 50.3 Å². The number of piperazine rings is 1. The number of nitrogens with one attached hydrogen (secondary N) is 1. The molecule has 0 bridgehead atoms. The van der Waals surface area contributed by atoms with Crippen molar-refractivity contribution < 1.29 is 13.6 Å². The average molecular weight is 396 g/mol. The largest absolute Gasteiger partial charge is 0.353 e. The first-order valence-corrected chi connectivity index (χ1v) is 9.10. The van der Waals surface area contributed by atoms with Crippen LogP contribution in [-0.4, -0.2) is 51.9 Å². The van der Waals surface area contributed by atoms with Gasteiger partial charge in [-0.3, -0.25) is 4.79 Å². The maximum atomic E-state index is 13.4. The van der Waals surface area contributed by atoms with E-state index in [2.05, 4.69) is 25.2 Å². The summed E-state index contributed by atoms with van der Waals surface area (Å²) in [6.45, 7) is 2.44. The van der Waals surface area contributed by atoms with Crippen LogP contribution in [0.5, 0.6) is 0 Å². The number of rotatable bonds is 4. The molecule has 0 saturated carbocycles. The summed E-state index contributed by atoms with van der Waals surface area (Å²) in [5, 5.41) is 2.78. The minimum atomic E-state index is -0.979. The van der Waals surface area contributed by atoms with E-state index in [0.29, 0.717) is 26.2 Å². The van der Waals surface area contributed by atoms with Crippen molar-refractivity contribution in [2.75, 3.05) is 36.4 Å². The Morgan fingerprint density at radius 1 is 0.931 bits per heavy atom. The monoisotopic (exact) mass is 396 g/mol. The second kappa shape index (κ2) is 8.17. The molecule has 3 aromatic rings. The number of amides is 1. The summed E-state index contributed by atoms with van der Waals surface area (Å²) in [6, 6.07) is 10.7. The molecule has 1 amide bonds. The first-order valence-electron chi connectivity index (χ1n) is 9.10. The lowest BCUT2D eigenvalue weighted by Gasteiger charge is -2.35. The molecule has 7 nitrogen and oxygen atoms in total. The van der Waals surface area contributed by atoms with E-state index >= 15 is 0 Å². The van der Waals surface area contributed by atoms with Gasteiger partial charge in [-0.25, -0.2) is 23.7 Å². The lowest BCUT2D eigenvalue weighted by molar-refractivity contribution is 0.0740. The maximum absolute atomic E-state index is 13.4.